The zero-order chi connectivity index (χ0) is 16.4. The zero-order valence-electron chi connectivity index (χ0n) is 13.0. The lowest BCUT2D eigenvalue weighted by Crippen LogP contribution is -2.57. The van der Waals surface area contributed by atoms with Crippen LogP contribution in [0.1, 0.15) is 32.9 Å². The van der Waals surface area contributed by atoms with Crippen molar-refractivity contribution in [1.29, 1.82) is 0 Å². The van der Waals surface area contributed by atoms with Crippen molar-refractivity contribution in [2.24, 2.45) is 0 Å². The number of ether oxygens (including phenoxy) is 1. The Balaban J connectivity index is 2.01. The molecule has 1 aliphatic rings. The number of alkyl carbamates (subject to hydrolysis) is 1. The quantitative estimate of drug-likeness (QED) is 0.874. The van der Waals surface area contributed by atoms with Gasteiger partial charge in [0.25, 0.3) is 0 Å². The Hall–Kier alpha value is -1.67. The molecule has 0 spiro atoms. The first-order valence-corrected chi connectivity index (χ1v) is 7.98. The van der Waals surface area contributed by atoms with Crippen LogP contribution >= 0.6 is 11.3 Å². The van der Waals surface area contributed by atoms with Crippen LogP contribution in [0.4, 0.5) is 4.79 Å². The average molecular weight is 327 g/mol. The first-order valence-electron chi connectivity index (χ1n) is 7.04. The van der Waals surface area contributed by atoms with E-state index in [-0.39, 0.29) is 6.54 Å². The molecule has 0 aromatic carbocycles. The fourth-order valence-electron chi connectivity index (χ4n) is 2.40. The molecule has 2 N–H and O–H groups in total. The summed E-state index contributed by atoms with van der Waals surface area (Å²) in [6.45, 7) is 6.61. The van der Waals surface area contributed by atoms with Crippen LogP contribution in [0.5, 0.6) is 0 Å². The number of thiazole rings is 1. The van der Waals surface area contributed by atoms with Gasteiger partial charge in [-0.25, -0.2) is 14.6 Å². The van der Waals surface area contributed by atoms with Gasteiger partial charge in [-0.05, 0) is 27.2 Å². The van der Waals surface area contributed by atoms with Gasteiger partial charge in [0.2, 0.25) is 0 Å². The largest absolute Gasteiger partial charge is 0.479 e. The maximum absolute atomic E-state index is 11.9. The Kier molecular flexibility index (Phi) is 4.72. The molecule has 1 atom stereocenters. The monoisotopic (exact) mass is 327 g/mol. The molecule has 1 unspecified atom stereocenters. The number of carbonyl (C=O) groups excluding carboxylic acids is 1. The maximum Gasteiger partial charge on any atom is 0.408 e. The van der Waals surface area contributed by atoms with Crippen molar-refractivity contribution in [2.75, 3.05) is 13.1 Å². The molecular formula is C14H21N3O4S. The van der Waals surface area contributed by atoms with E-state index < -0.39 is 23.2 Å². The average Bonchev–Trinajstić information content (AvgIpc) is 2.98. The van der Waals surface area contributed by atoms with Gasteiger partial charge in [-0.1, -0.05) is 0 Å². The van der Waals surface area contributed by atoms with Gasteiger partial charge in [0, 0.05) is 25.0 Å². The molecule has 1 aromatic rings. The van der Waals surface area contributed by atoms with Crippen LogP contribution in [0.2, 0.25) is 0 Å². The highest BCUT2D eigenvalue weighted by molar-refractivity contribution is 7.07. The fourth-order valence-corrected chi connectivity index (χ4v) is 2.95. The zero-order valence-corrected chi connectivity index (χ0v) is 13.8. The highest BCUT2D eigenvalue weighted by atomic mass is 32.1. The molecule has 2 rings (SSSR count). The Labute approximate surface area is 133 Å². The minimum Gasteiger partial charge on any atom is -0.479 e. The van der Waals surface area contributed by atoms with E-state index in [4.69, 9.17) is 4.74 Å². The summed E-state index contributed by atoms with van der Waals surface area (Å²) in [6, 6.07) is 0. The van der Waals surface area contributed by atoms with Crippen LogP contribution in [0.25, 0.3) is 0 Å². The Morgan fingerprint density at radius 1 is 1.55 bits per heavy atom. The fraction of sp³-hybridized carbons (Fsp3) is 0.643. The number of amides is 1. The second kappa shape index (κ2) is 6.21. The number of aliphatic carboxylic acids is 1. The summed E-state index contributed by atoms with van der Waals surface area (Å²) < 4.78 is 5.17. The first-order chi connectivity index (χ1) is 10.2. The third-order valence-electron chi connectivity index (χ3n) is 3.37. The van der Waals surface area contributed by atoms with Crippen LogP contribution in [0.3, 0.4) is 0 Å². The lowest BCUT2D eigenvalue weighted by Gasteiger charge is -2.28. The summed E-state index contributed by atoms with van der Waals surface area (Å²) in [5.41, 5.74) is 0.680. The Morgan fingerprint density at radius 2 is 2.27 bits per heavy atom. The van der Waals surface area contributed by atoms with Crippen LogP contribution in [-0.4, -0.2) is 51.3 Å². The second-order valence-electron chi connectivity index (χ2n) is 6.45. The van der Waals surface area contributed by atoms with E-state index in [0.717, 1.165) is 5.69 Å². The van der Waals surface area contributed by atoms with Gasteiger partial charge in [0.1, 0.15) is 5.60 Å². The SMILES string of the molecule is CC(C)(C)OC(=O)NC1(C(=O)O)CCN(Cc2cscn2)C1. The number of hydrogen-bond donors (Lipinski definition) is 2. The Morgan fingerprint density at radius 3 is 2.82 bits per heavy atom. The number of carboxylic acid groups (broad SMARTS) is 1. The molecule has 1 fully saturated rings. The molecule has 1 saturated heterocycles. The van der Waals surface area contributed by atoms with Crippen LogP contribution in [0, 0.1) is 0 Å². The topological polar surface area (TPSA) is 91.8 Å². The van der Waals surface area contributed by atoms with Crippen molar-refractivity contribution >= 4 is 23.4 Å². The Bertz CT molecular complexity index is 541. The van der Waals surface area contributed by atoms with Crippen LogP contribution in [-0.2, 0) is 16.1 Å². The summed E-state index contributed by atoms with van der Waals surface area (Å²) in [6.07, 6.45) is -0.364. The number of hydrogen-bond acceptors (Lipinski definition) is 6. The molecule has 0 bridgehead atoms. The highest BCUT2D eigenvalue weighted by Crippen LogP contribution is 2.24. The molecule has 8 heteroatoms. The van der Waals surface area contributed by atoms with Gasteiger partial charge in [0.15, 0.2) is 5.54 Å². The van der Waals surface area contributed by atoms with E-state index in [1.807, 2.05) is 10.3 Å². The minimum atomic E-state index is -1.31. The van der Waals surface area contributed by atoms with Gasteiger partial charge < -0.3 is 15.2 Å². The lowest BCUT2D eigenvalue weighted by molar-refractivity contribution is -0.144. The normalized spacial score (nSPS) is 22.5. The van der Waals surface area contributed by atoms with Gasteiger partial charge in [-0.3, -0.25) is 4.90 Å². The molecule has 1 amide bonds. The molecule has 2 heterocycles. The molecule has 0 saturated carbocycles. The van der Waals surface area contributed by atoms with Crippen molar-refractivity contribution in [2.45, 2.75) is 44.9 Å². The van der Waals surface area contributed by atoms with Crippen molar-refractivity contribution in [3.05, 3.63) is 16.6 Å². The van der Waals surface area contributed by atoms with Crippen molar-refractivity contribution in [3.63, 3.8) is 0 Å². The van der Waals surface area contributed by atoms with Crippen LogP contribution in [0.15, 0.2) is 10.9 Å². The first kappa shape index (κ1) is 16.7. The smallest absolute Gasteiger partial charge is 0.408 e. The summed E-state index contributed by atoms with van der Waals surface area (Å²) in [7, 11) is 0. The number of nitrogens with one attached hydrogen (secondary N) is 1. The summed E-state index contributed by atoms with van der Waals surface area (Å²) in [5.74, 6) is -1.04. The maximum atomic E-state index is 11.9. The van der Waals surface area contributed by atoms with E-state index in [0.29, 0.717) is 19.5 Å². The predicted molar refractivity (Wildman–Crippen MR) is 81.7 cm³/mol. The highest BCUT2D eigenvalue weighted by Gasteiger charge is 2.47. The molecule has 22 heavy (non-hydrogen) atoms. The minimum absolute atomic E-state index is 0.235. The van der Waals surface area contributed by atoms with E-state index in [9.17, 15) is 14.7 Å². The summed E-state index contributed by atoms with van der Waals surface area (Å²) in [5, 5.41) is 14.0. The number of carboxylic acids is 1. The third kappa shape index (κ3) is 4.17. The molecule has 0 radical (unpaired) electrons. The van der Waals surface area contributed by atoms with E-state index >= 15 is 0 Å². The number of carbonyl (C=O) groups is 2. The van der Waals surface area contributed by atoms with Crippen LogP contribution < -0.4 is 5.32 Å². The standard InChI is InChI=1S/C14H21N3O4S/c1-13(2,3)21-12(20)16-14(11(18)19)4-5-17(8-14)6-10-7-22-9-15-10/h7,9H,4-6,8H2,1-3H3,(H,16,20)(H,18,19). The van der Waals surface area contributed by atoms with Gasteiger partial charge >= 0.3 is 12.1 Å². The van der Waals surface area contributed by atoms with Crippen molar-refractivity contribution in [3.8, 4) is 0 Å². The third-order valence-corrected chi connectivity index (χ3v) is 4.00. The summed E-state index contributed by atoms with van der Waals surface area (Å²) in [4.78, 5) is 29.8. The van der Waals surface area contributed by atoms with E-state index in [1.165, 1.54) is 11.3 Å². The molecular weight excluding hydrogens is 306 g/mol. The number of rotatable bonds is 4. The van der Waals surface area contributed by atoms with Crippen molar-refractivity contribution < 1.29 is 19.4 Å². The molecule has 1 aliphatic heterocycles. The molecule has 7 nitrogen and oxygen atoms in total. The van der Waals surface area contributed by atoms with Gasteiger partial charge in [-0.2, -0.15) is 0 Å². The second-order valence-corrected chi connectivity index (χ2v) is 7.17. The van der Waals surface area contributed by atoms with E-state index in [1.54, 1.807) is 26.3 Å². The lowest BCUT2D eigenvalue weighted by atomic mass is 9.99. The van der Waals surface area contributed by atoms with Gasteiger partial charge in [0.05, 0.1) is 11.2 Å². The van der Waals surface area contributed by atoms with Crippen molar-refractivity contribution in [1.82, 2.24) is 15.2 Å². The predicted octanol–water partition coefficient (Wildman–Crippen LogP) is 1.70. The molecule has 0 aliphatic carbocycles. The van der Waals surface area contributed by atoms with Gasteiger partial charge in [-0.15, -0.1) is 11.3 Å². The molecule has 1 aromatic heterocycles. The molecule has 122 valence electrons. The van der Waals surface area contributed by atoms with E-state index in [2.05, 4.69) is 10.3 Å². The summed E-state index contributed by atoms with van der Waals surface area (Å²) >= 11 is 1.50. The number of aromatic nitrogens is 1. The number of nitrogens with zero attached hydrogens (tertiary/aromatic N) is 2. The number of likely N-dealkylation sites (tertiary alicyclic amines) is 1.